The molecule has 0 bridgehead atoms. The Morgan fingerprint density at radius 3 is 3.08 bits per heavy atom. The summed E-state index contributed by atoms with van der Waals surface area (Å²) in [5, 5.41) is 4.28. The molecule has 2 nitrogen and oxygen atoms in total. The molecule has 68 valence electrons. The second-order valence-electron chi connectivity index (χ2n) is 3.07. The molecule has 0 aliphatic rings. The van der Waals surface area contributed by atoms with Crippen LogP contribution < -0.4 is 5.32 Å². The number of rotatable bonds is 2. The lowest BCUT2D eigenvalue weighted by Gasteiger charge is -1.98. The highest BCUT2D eigenvalue weighted by molar-refractivity contribution is 7.18. The summed E-state index contributed by atoms with van der Waals surface area (Å²) in [5.74, 6) is 0. The highest BCUT2D eigenvalue weighted by atomic mass is 32.1. The standard InChI is InChI=1S/C10H12N2S/c1-7-12-9-4-3-8(6-11-2)5-10(9)13-7/h3-5,11H,6H2,1-2H3. The molecule has 0 spiro atoms. The summed E-state index contributed by atoms with van der Waals surface area (Å²) in [6, 6.07) is 6.42. The Labute approximate surface area is 81.6 Å². The molecule has 0 amide bonds. The summed E-state index contributed by atoms with van der Waals surface area (Å²) in [5.41, 5.74) is 2.43. The van der Waals surface area contributed by atoms with E-state index in [4.69, 9.17) is 0 Å². The number of benzene rings is 1. The van der Waals surface area contributed by atoms with Gasteiger partial charge in [-0.15, -0.1) is 11.3 Å². The largest absolute Gasteiger partial charge is 0.316 e. The maximum Gasteiger partial charge on any atom is 0.0907 e. The highest BCUT2D eigenvalue weighted by Crippen LogP contribution is 2.22. The molecule has 3 heteroatoms. The van der Waals surface area contributed by atoms with Gasteiger partial charge in [0.05, 0.1) is 15.2 Å². The van der Waals surface area contributed by atoms with E-state index >= 15 is 0 Å². The number of thiazole rings is 1. The van der Waals surface area contributed by atoms with Crippen molar-refractivity contribution in [3.05, 3.63) is 28.8 Å². The molecule has 0 saturated heterocycles. The number of hydrogen-bond acceptors (Lipinski definition) is 3. The third-order valence-corrected chi connectivity index (χ3v) is 2.87. The number of hydrogen-bond donors (Lipinski definition) is 1. The second kappa shape index (κ2) is 3.44. The van der Waals surface area contributed by atoms with Crippen molar-refractivity contribution < 1.29 is 0 Å². The van der Waals surface area contributed by atoms with Gasteiger partial charge in [-0.2, -0.15) is 0 Å². The predicted octanol–water partition coefficient (Wildman–Crippen LogP) is 2.32. The van der Waals surface area contributed by atoms with Crippen LogP contribution in [0, 0.1) is 6.92 Å². The van der Waals surface area contributed by atoms with Gasteiger partial charge < -0.3 is 5.32 Å². The Morgan fingerprint density at radius 2 is 2.31 bits per heavy atom. The van der Waals surface area contributed by atoms with E-state index < -0.39 is 0 Å². The Bertz CT molecular complexity index is 420. The van der Waals surface area contributed by atoms with Crippen molar-refractivity contribution in [1.29, 1.82) is 0 Å². The van der Waals surface area contributed by atoms with Crippen LogP contribution in [0.25, 0.3) is 10.2 Å². The lowest BCUT2D eigenvalue weighted by atomic mass is 10.2. The number of nitrogens with zero attached hydrogens (tertiary/aromatic N) is 1. The molecule has 0 atom stereocenters. The Hall–Kier alpha value is -0.930. The summed E-state index contributed by atoms with van der Waals surface area (Å²) >= 11 is 1.75. The molecule has 2 aromatic rings. The maximum absolute atomic E-state index is 4.41. The molecular formula is C10H12N2S. The third kappa shape index (κ3) is 1.71. The topological polar surface area (TPSA) is 24.9 Å². The lowest BCUT2D eigenvalue weighted by molar-refractivity contribution is 0.819. The van der Waals surface area contributed by atoms with Crippen LogP contribution >= 0.6 is 11.3 Å². The zero-order valence-electron chi connectivity index (χ0n) is 7.79. The van der Waals surface area contributed by atoms with Crippen LogP contribution in [0.3, 0.4) is 0 Å². The van der Waals surface area contributed by atoms with Crippen molar-refractivity contribution >= 4 is 21.6 Å². The van der Waals surface area contributed by atoms with Gasteiger partial charge in [-0.1, -0.05) is 6.07 Å². The van der Waals surface area contributed by atoms with Gasteiger partial charge in [0.25, 0.3) is 0 Å². The van der Waals surface area contributed by atoms with Gasteiger partial charge in [-0.3, -0.25) is 0 Å². The fourth-order valence-electron chi connectivity index (χ4n) is 1.40. The summed E-state index contributed by atoms with van der Waals surface area (Å²) < 4.78 is 1.28. The van der Waals surface area contributed by atoms with Gasteiger partial charge >= 0.3 is 0 Å². The first-order chi connectivity index (χ1) is 6.29. The first-order valence-electron chi connectivity index (χ1n) is 4.30. The van der Waals surface area contributed by atoms with E-state index in [1.54, 1.807) is 11.3 Å². The summed E-state index contributed by atoms with van der Waals surface area (Å²) in [4.78, 5) is 4.41. The average Bonchev–Trinajstić information content (AvgIpc) is 2.44. The molecule has 13 heavy (non-hydrogen) atoms. The monoisotopic (exact) mass is 192 g/mol. The van der Waals surface area contributed by atoms with Crippen LogP contribution in [0.2, 0.25) is 0 Å². The van der Waals surface area contributed by atoms with Crippen molar-refractivity contribution in [2.75, 3.05) is 7.05 Å². The van der Waals surface area contributed by atoms with E-state index in [0.717, 1.165) is 17.1 Å². The minimum Gasteiger partial charge on any atom is -0.316 e. The number of nitrogens with one attached hydrogen (secondary N) is 1. The van der Waals surface area contributed by atoms with Crippen LogP contribution in [0.5, 0.6) is 0 Å². The van der Waals surface area contributed by atoms with Crippen LogP contribution in [0.4, 0.5) is 0 Å². The Balaban J connectivity index is 2.48. The molecule has 0 aliphatic heterocycles. The normalized spacial score (nSPS) is 10.9. The van der Waals surface area contributed by atoms with Crippen LogP contribution in [0.1, 0.15) is 10.6 Å². The fourth-order valence-corrected chi connectivity index (χ4v) is 2.29. The van der Waals surface area contributed by atoms with E-state index in [9.17, 15) is 0 Å². The van der Waals surface area contributed by atoms with E-state index in [1.165, 1.54) is 10.3 Å². The summed E-state index contributed by atoms with van der Waals surface area (Å²) in [6.45, 7) is 2.97. The predicted molar refractivity (Wildman–Crippen MR) is 57.1 cm³/mol. The molecule has 2 rings (SSSR count). The molecule has 0 unspecified atom stereocenters. The minimum atomic E-state index is 0.923. The van der Waals surface area contributed by atoms with Crippen molar-refractivity contribution in [3.8, 4) is 0 Å². The van der Waals surface area contributed by atoms with E-state index in [1.807, 2.05) is 14.0 Å². The van der Waals surface area contributed by atoms with Crippen molar-refractivity contribution in [1.82, 2.24) is 10.3 Å². The fraction of sp³-hybridized carbons (Fsp3) is 0.300. The van der Waals surface area contributed by atoms with Crippen molar-refractivity contribution in [2.24, 2.45) is 0 Å². The van der Waals surface area contributed by atoms with Crippen LogP contribution in [-0.2, 0) is 6.54 Å². The van der Waals surface area contributed by atoms with Crippen LogP contribution in [-0.4, -0.2) is 12.0 Å². The Kier molecular flexibility index (Phi) is 2.29. The molecule has 0 fully saturated rings. The van der Waals surface area contributed by atoms with Gasteiger partial charge in [-0.25, -0.2) is 4.98 Å². The van der Waals surface area contributed by atoms with E-state index in [-0.39, 0.29) is 0 Å². The third-order valence-electron chi connectivity index (χ3n) is 1.94. The average molecular weight is 192 g/mol. The van der Waals surface area contributed by atoms with Gasteiger partial charge in [0.15, 0.2) is 0 Å². The highest BCUT2D eigenvalue weighted by Gasteiger charge is 2.00. The number of aryl methyl sites for hydroxylation is 1. The van der Waals surface area contributed by atoms with Crippen molar-refractivity contribution in [3.63, 3.8) is 0 Å². The summed E-state index contributed by atoms with van der Waals surface area (Å²) in [6.07, 6.45) is 0. The van der Waals surface area contributed by atoms with Gasteiger partial charge in [0, 0.05) is 6.54 Å². The smallest absolute Gasteiger partial charge is 0.0907 e. The van der Waals surface area contributed by atoms with Crippen LogP contribution in [0.15, 0.2) is 18.2 Å². The Morgan fingerprint density at radius 1 is 1.46 bits per heavy atom. The SMILES string of the molecule is CNCc1ccc2nc(C)sc2c1. The quantitative estimate of drug-likeness (QED) is 0.790. The number of aromatic nitrogens is 1. The molecule has 0 aliphatic carbocycles. The first kappa shape index (κ1) is 8.66. The molecule has 0 saturated carbocycles. The lowest BCUT2D eigenvalue weighted by Crippen LogP contribution is -2.04. The molecule has 0 radical (unpaired) electrons. The summed E-state index contributed by atoms with van der Waals surface area (Å²) in [7, 11) is 1.96. The van der Waals surface area contributed by atoms with Gasteiger partial charge in [0.1, 0.15) is 0 Å². The number of fused-ring (bicyclic) bond motifs is 1. The van der Waals surface area contributed by atoms with E-state index in [0.29, 0.717) is 0 Å². The molecule has 1 aromatic heterocycles. The van der Waals surface area contributed by atoms with E-state index in [2.05, 4.69) is 28.5 Å². The van der Waals surface area contributed by atoms with Gasteiger partial charge in [0.2, 0.25) is 0 Å². The molecule has 1 heterocycles. The zero-order valence-corrected chi connectivity index (χ0v) is 8.61. The molecular weight excluding hydrogens is 180 g/mol. The first-order valence-corrected chi connectivity index (χ1v) is 5.12. The minimum absolute atomic E-state index is 0.923. The zero-order chi connectivity index (χ0) is 9.26. The maximum atomic E-state index is 4.41. The molecule has 1 aromatic carbocycles. The van der Waals surface area contributed by atoms with Crippen molar-refractivity contribution in [2.45, 2.75) is 13.5 Å². The van der Waals surface area contributed by atoms with Gasteiger partial charge in [-0.05, 0) is 31.7 Å². The molecule has 1 N–H and O–H groups in total. The second-order valence-corrected chi connectivity index (χ2v) is 4.30.